The highest BCUT2D eigenvalue weighted by Gasteiger charge is 2.26. The van der Waals surface area contributed by atoms with Crippen LogP contribution in [0.5, 0.6) is 0 Å². The summed E-state index contributed by atoms with van der Waals surface area (Å²) in [5.41, 5.74) is 2.72. The second-order valence-corrected chi connectivity index (χ2v) is 7.91. The van der Waals surface area contributed by atoms with E-state index < -0.39 is 0 Å². The van der Waals surface area contributed by atoms with Gasteiger partial charge in [0.2, 0.25) is 5.91 Å². The van der Waals surface area contributed by atoms with Gasteiger partial charge in [0.25, 0.3) is 0 Å². The molecule has 1 aliphatic rings. The van der Waals surface area contributed by atoms with Crippen molar-refractivity contribution in [2.75, 3.05) is 33.7 Å². The van der Waals surface area contributed by atoms with Crippen LogP contribution in [0.15, 0.2) is 29.3 Å². The highest BCUT2D eigenvalue weighted by molar-refractivity contribution is 5.80. The van der Waals surface area contributed by atoms with Gasteiger partial charge in [-0.15, -0.1) is 0 Å². The molecule has 1 aromatic carbocycles. The van der Waals surface area contributed by atoms with E-state index in [1.54, 1.807) is 7.05 Å². The molecule has 0 unspecified atom stereocenters. The van der Waals surface area contributed by atoms with E-state index in [-0.39, 0.29) is 11.3 Å². The first-order valence-electron chi connectivity index (χ1n) is 9.59. The van der Waals surface area contributed by atoms with Crippen molar-refractivity contribution in [1.82, 2.24) is 15.5 Å². The molecule has 0 atom stereocenters. The molecule has 0 aliphatic carbocycles. The highest BCUT2D eigenvalue weighted by atomic mass is 16.1. The number of benzene rings is 1. The molecule has 1 fully saturated rings. The normalized spacial score (nSPS) is 16.5. The first kappa shape index (κ1) is 20.3. The number of piperidine rings is 1. The van der Waals surface area contributed by atoms with Crippen LogP contribution in [0.3, 0.4) is 0 Å². The number of aliphatic imine (C=N–C) groups is 1. The van der Waals surface area contributed by atoms with Crippen molar-refractivity contribution in [2.45, 2.75) is 45.4 Å². The number of rotatable bonds is 5. The Morgan fingerprint density at radius 1 is 1.27 bits per heavy atom. The Bertz CT molecular complexity index is 631. The van der Waals surface area contributed by atoms with E-state index in [0.717, 1.165) is 38.4 Å². The third-order valence-corrected chi connectivity index (χ3v) is 5.44. The van der Waals surface area contributed by atoms with Crippen LogP contribution >= 0.6 is 0 Å². The van der Waals surface area contributed by atoms with Crippen LogP contribution in [-0.2, 0) is 10.2 Å². The molecular weight excluding hydrogens is 324 g/mol. The van der Waals surface area contributed by atoms with Crippen LogP contribution in [0.4, 0.5) is 0 Å². The van der Waals surface area contributed by atoms with Crippen LogP contribution in [0.25, 0.3) is 0 Å². The molecule has 0 spiro atoms. The minimum atomic E-state index is 0.0266. The third-order valence-electron chi connectivity index (χ3n) is 5.44. The fourth-order valence-electron chi connectivity index (χ4n) is 3.77. The fourth-order valence-corrected chi connectivity index (χ4v) is 3.77. The van der Waals surface area contributed by atoms with E-state index in [0.29, 0.717) is 12.3 Å². The number of carbonyl (C=O) groups excluding carboxylic acids is 1. The number of hydrogen-bond acceptors (Lipinski definition) is 2. The lowest BCUT2D eigenvalue weighted by Gasteiger charge is -2.36. The maximum absolute atomic E-state index is 11.6. The number of nitrogens with zero attached hydrogens (tertiary/aromatic N) is 2. The number of aryl methyl sites for hydroxylation is 1. The Morgan fingerprint density at radius 3 is 2.50 bits per heavy atom. The van der Waals surface area contributed by atoms with Gasteiger partial charge in [-0.3, -0.25) is 9.79 Å². The molecule has 26 heavy (non-hydrogen) atoms. The van der Waals surface area contributed by atoms with Crippen molar-refractivity contribution >= 4 is 11.9 Å². The topological polar surface area (TPSA) is 56.7 Å². The summed E-state index contributed by atoms with van der Waals surface area (Å²) >= 11 is 0. The summed E-state index contributed by atoms with van der Waals surface area (Å²) in [7, 11) is 3.55. The summed E-state index contributed by atoms with van der Waals surface area (Å²) in [4.78, 5) is 18.4. The lowest BCUT2D eigenvalue weighted by atomic mass is 9.82. The molecular formula is C21H34N4O. The Kier molecular flexibility index (Phi) is 7.06. The van der Waals surface area contributed by atoms with Crippen molar-refractivity contribution in [3.63, 3.8) is 0 Å². The van der Waals surface area contributed by atoms with Crippen LogP contribution in [-0.4, -0.2) is 50.5 Å². The van der Waals surface area contributed by atoms with E-state index in [4.69, 9.17) is 0 Å². The minimum Gasteiger partial charge on any atom is -0.359 e. The molecule has 2 N–H and O–H groups in total. The zero-order chi connectivity index (χ0) is 19.2. The second kappa shape index (κ2) is 9.06. The quantitative estimate of drug-likeness (QED) is 0.628. The maximum atomic E-state index is 11.6. The maximum Gasteiger partial charge on any atom is 0.220 e. The smallest absolute Gasteiger partial charge is 0.220 e. The van der Waals surface area contributed by atoms with Crippen LogP contribution in [0.2, 0.25) is 0 Å². The summed E-state index contributed by atoms with van der Waals surface area (Å²) in [6.45, 7) is 9.44. The molecule has 144 valence electrons. The number of amides is 1. The van der Waals surface area contributed by atoms with E-state index in [1.807, 2.05) is 7.05 Å². The van der Waals surface area contributed by atoms with Gasteiger partial charge in [0, 0.05) is 45.6 Å². The van der Waals surface area contributed by atoms with Gasteiger partial charge < -0.3 is 15.5 Å². The Hall–Kier alpha value is -2.04. The first-order chi connectivity index (χ1) is 12.4. The molecule has 5 heteroatoms. The number of nitrogens with one attached hydrogen (secondary N) is 2. The largest absolute Gasteiger partial charge is 0.359 e. The molecule has 1 aromatic rings. The van der Waals surface area contributed by atoms with E-state index >= 15 is 0 Å². The van der Waals surface area contributed by atoms with Crippen molar-refractivity contribution in [3.05, 3.63) is 35.4 Å². The molecule has 0 saturated carbocycles. The Labute approximate surface area is 158 Å². The molecule has 5 nitrogen and oxygen atoms in total. The molecule has 1 saturated heterocycles. The number of likely N-dealkylation sites (tertiary alicyclic amines) is 1. The molecule has 0 radical (unpaired) electrons. The lowest BCUT2D eigenvalue weighted by Crippen LogP contribution is -2.49. The van der Waals surface area contributed by atoms with Gasteiger partial charge >= 0.3 is 0 Å². The van der Waals surface area contributed by atoms with Gasteiger partial charge in [-0.05, 0) is 36.8 Å². The summed E-state index contributed by atoms with van der Waals surface area (Å²) in [6, 6.07) is 8.58. The second-order valence-electron chi connectivity index (χ2n) is 7.91. The predicted octanol–water partition coefficient (Wildman–Crippen LogP) is 2.70. The van der Waals surface area contributed by atoms with Crippen molar-refractivity contribution in [3.8, 4) is 0 Å². The van der Waals surface area contributed by atoms with Gasteiger partial charge in [0.15, 0.2) is 5.96 Å². The monoisotopic (exact) mass is 358 g/mol. The fraction of sp³-hybridized carbons (Fsp3) is 0.619. The van der Waals surface area contributed by atoms with Crippen LogP contribution in [0, 0.1) is 12.8 Å². The summed E-state index contributed by atoms with van der Waals surface area (Å²) in [5.74, 6) is 1.59. The van der Waals surface area contributed by atoms with Gasteiger partial charge in [-0.25, -0.2) is 0 Å². The Balaban J connectivity index is 1.90. The van der Waals surface area contributed by atoms with Gasteiger partial charge in [0.1, 0.15) is 0 Å². The Morgan fingerprint density at radius 2 is 1.92 bits per heavy atom. The molecule has 1 heterocycles. The first-order valence-corrected chi connectivity index (χ1v) is 9.59. The zero-order valence-corrected chi connectivity index (χ0v) is 16.9. The zero-order valence-electron chi connectivity index (χ0n) is 16.9. The van der Waals surface area contributed by atoms with Crippen molar-refractivity contribution in [1.29, 1.82) is 0 Å². The molecule has 0 aromatic heterocycles. The minimum absolute atomic E-state index is 0.0266. The number of guanidine groups is 1. The summed E-state index contributed by atoms with van der Waals surface area (Å²) in [6.07, 6.45) is 2.71. The molecule has 1 amide bonds. The predicted molar refractivity (Wildman–Crippen MR) is 109 cm³/mol. The molecule has 1 aliphatic heterocycles. The SMILES string of the molecule is CN=C(NCC(C)(C)c1ccccc1C)N1CCC(CC(=O)NC)CC1. The number of carbonyl (C=O) groups is 1. The molecule has 0 bridgehead atoms. The average molecular weight is 359 g/mol. The van der Waals surface area contributed by atoms with Crippen molar-refractivity contribution in [2.24, 2.45) is 10.9 Å². The van der Waals surface area contributed by atoms with Gasteiger partial charge in [0.05, 0.1) is 0 Å². The number of hydrogen-bond donors (Lipinski definition) is 2. The highest BCUT2D eigenvalue weighted by Crippen LogP contribution is 2.26. The lowest BCUT2D eigenvalue weighted by molar-refractivity contribution is -0.121. The van der Waals surface area contributed by atoms with Crippen LogP contribution < -0.4 is 10.6 Å². The summed E-state index contributed by atoms with van der Waals surface area (Å²) in [5, 5.41) is 6.29. The van der Waals surface area contributed by atoms with Crippen LogP contribution in [0.1, 0.15) is 44.2 Å². The van der Waals surface area contributed by atoms with E-state index in [9.17, 15) is 4.79 Å². The third kappa shape index (κ3) is 5.23. The van der Waals surface area contributed by atoms with E-state index in [1.165, 1.54) is 11.1 Å². The van der Waals surface area contributed by atoms with Crippen molar-refractivity contribution < 1.29 is 4.79 Å². The van der Waals surface area contributed by atoms with E-state index in [2.05, 4.69) is 65.6 Å². The van der Waals surface area contributed by atoms with Gasteiger partial charge in [-0.2, -0.15) is 0 Å². The average Bonchev–Trinajstić information content (AvgIpc) is 2.63. The summed E-state index contributed by atoms with van der Waals surface area (Å²) < 4.78 is 0. The van der Waals surface area contributed by atoms with Gasteiger partial charge in [-0.1, -0.05) is 38.1 Å². The molecule has 2 rings (SSSR count). The standard InChI is InChI=1S/C21H34N4O/c1-16-8-6-7-9-18(16)21(2,3)15-24-20(23-5)25-12-10-17(11-13-25)14-19(26)22-4/h6-9,17H,10-15H2,1-5H3,(H,22,26)(H,23,24).